The van der Waals surface area contributed by atoms with E-state index in [0.717, 1.165) is 40.6 Å². The van der Waals surface area contributed by atoms with Crippen molar-refractivity contribution in [2.75, 3.05) is 22.4 Å². The Balaban J connectivity index is 1.47. The summed E-state index contributed by atoms with van der Waals surface area (Å²) < 4.78 is 26.5. The van der Waals surface area contributed by atoms with Gasteiger partial charge in [0.2, 0.25) is 15.9 Å². The molecule has 0 radical (unpaired) electrons. The molecule has 1 aliphatic carbocycles. The summed E-state index contributed by atoms with van der Waals surface area (Å²) in [5, 5.41) is 5.38. The van der Waals surface area contributed by atoms with E-state index in [0.29, 0.717) is 12.1 Å². The van der Waals surface area contributed by atoms with Crippen LogP contribution in [0.4, 0.5) is 11.4 Å². The lowest BCUT2D eigenvalue weighted by Crippen LogP contribution is -2.32. The molecule has 1 aliphatic rings. The van der Waals surface area contributed by atoms with Gasteiger partial charge in [0.1, 0.15) is 0 Å². The number of anilines is 2. The molecule has 0 aromatic heterocycles. The van der Waals surface area contributed by atoms with E-state index in [1.54, 1.807) is 0 Å². The van der Waals surface area contributed by atoms with E-state index >= 15 is 0 Å². The lowest BCUT2D eigenvalue weighted by atomic mass is 10.0. The second-order valence-electron chi connectivity index (χ2n) is 8.85. The molecule has 0 heterocycles. The second-order valence-corrected chi connectivity index (χ2v) is 10.8. The number of nitrogens with zero attached hydrogens (tertiary/aromatic N) is 1. The van der Waals surface area contributed by atoms with Crippen LogP contribution in [0.15, 0.2) is 42.5 Å². The van der Waals surface area contributed by atoms with Gasteiger partial charge < -0.3 is 5.32 Å². The zero-order valence-corrected chi connectivity index (χ0v) is 20.0. The average Bonchev–Trinajstić information content (AvgIpc) is 3.12. The molecule has 1 N–H and O–H groups in total. The first-order chi connectivity index (χ1) is 15.1. The summed E-state index contributed by atoms with van der Waals surface area (Å²) >= 11 is 0. The van der Waals surface area contributed by atoms with E-state index in [2.05, 4.69) is 23.5 Å². The molecule has 1 amide bonds. The van der Waals surface area contributed by atoms with Gasteiger partial charge in [-0.3, -0.25) is 9.10 Å². The van der Waals surface area contributed by atoms with Crippen LogP contribution >= 0.6 is 0 Å². The number of benzene rings is 3. The molecule has 3 aromatic rings. The summed E-state index contributed by atoms with van der Waals surface area (Å²) in [5.41, 5.74) is 7.15. The quantitative estimate of drug-likeness (QED) is 0.548. The van der Waals surface area contributed by atoms with Crippen LogP contribution in [0.5, 0.6) is 0 Å². The van der Waals surface area contributed by atoms with E-state index in [4.69, 9.17) is 0 Å². The Morgan fingerprint density at radius 3 is 2.31 bits per heavy atom. The van der Waals surface area contributed by atoms with Gasteiger partial charge in [-0.2, -0.15) is 0 Å². The van der Waals surface area contributed by atoms with Gasteiger partial charge in [-0.25, -0.2) is 8.42 Å². The number of amides is 1. The van der Waals surface area contributed by atoms with E-state index < -0.39 is 10.0 Å². The van der Waals surface area contributed by atoms with Crippen molar-refractivity contribution in [3.05, 3.63) is 70.3 Å². The highest BCUT2D eigenvalue weighted by Gasteiger charge is 2.22. The Labute approximate surface area is 190 Å². The highest BCUT2D eigenvalue weighted by atomic mass is 32.2. The molecule has 0 unspecified atom stereocenters. The molecule has 0 aliphatic heterocycles. The van der Waals surface area contributed by atoms with Crippen LogP contribution in [-0.4, -0.2) is 27.1 Å². The van der Waals surface area contributed by atoms with Crippen LogP contribution in [-0.2, 0) is 27.7 Å². The maximum Gasteiger partial charge on any atom is 0.232 e. The fourth-order valence-corrected chi connectivity index (χ4v) is 6.04. The average molecular weight is 451 g/mol. The number of nitrogens with one attached hydrogen (secondary N) is 1. The van der Waals surface area contributed by atoms with Crippen molar-refractivity contribution in [2.45, 2.75) is 46.5 Å². The molecule has 0 fully saturated rings. The Kier molecular flexibility index (Phi) is 5.99. The van der Waals surface area contributed by atoms with Crippen LogP contribution in [0.3, 0.4) is 0 Å². The van der Waals surface area contributed by atoms with Crippen molar-refractivity contribution < 1.29 is 13.2 Å². The fourth-order valence-electron chi connectivity index (χ4n) is 4.96. The molecule has 0 spiro atoms. The third-order valence-electron chi connectivity index (χ3n) is 6.20. The van der Waals surface area contributed by atoms with E-state index in [-0.39, 0.29) is 18.9 Å². The Hall–Kier alpha value is -2.86. The molecule has 4 rings (SSSR count). The van der Waals surface area contributed by atoms with Crippen LogP contribution in [0.25, 0.3) is 10.8 Å². The van der Waals surface area contributed by atoms with Crippen molar-refractivity contribution in [2.24, 2.45) is 0 Å². The summed E-state index contributed by atoms with van der Waals surface area (Å²) in [6, 6.07) is 14.3. The maximum absolute atomic E-state index is 12.7. The predicted octanol–water partition coefficient (Wildman–Crippen LogP) is 5.05. The van der Waals surface area contributed by atoms with Gasteiger partial charge in [0.15, 0.2) is 0 Å². The SMILES string of the molecule is Cc1cc(C)c(N(CCCC(=O)Nc2ccc3c4c(cccc24)CC3)S(C)(=O)=O)c(C)c1. The number of sulfonamides is 1. The first-order valence-electron chi connectivity index (χ1n) is 11.0. The molecule has 0 saturated heterocycles. The minimum absolute atomic E-state index is 0.102. The fraction of sp³-hybridized carbons (Fsp3) is 0.346. The van der Waals surface area contributed by atoms with Crippen molar-refractivity contribution in [3.8, 4) is 0 Å². The predicted molar refractivity (Wildman–Crippen MR) is 132 cm³/mol. The molecule has 0 bridgehead atoms. The van der Waals surface area contributed by atoms with Crippen LogP contribution in [0, 0.1) is 20.8 Å². The lowest BCUT2D eigenvalue weighted by Gasteiger charge is -2.26. The summed E-state index contributed by atoms with van der Waals surface area (Å²) in [7, 11) is -3.46. The van der Waals surface area contributed by atoms with Gasteiger partial charge in [-0.05, 0) is 73.7 Å². The number of rotatable bonds is 7. The first-order valence-corrected chi connectivity index (χ1v) is 12.9. The monoisotopic (exact) mass is 450 g/mol. The largest absolute Gasteiger partial charge is 0.326 e. The van der Waals surface area contributed by atoms with Crippen LogP contribution in [0.2, 0.25) is 0 Å². The van der Waals surface area contributed by atoms with Crippen molar-refractivity contribution in [1.82, 2.24) is 0 Å². The van der Waals surface area contributed by atoms with Gasteiger partial charge in [0.05, 0.1) is 11.9 Å². The molecule has 0 atom stereocenters. The third kappa shape index (κ3) is 4.37. The van der Waals surface area contributed by atoms with Gasteiger partial charge >= 0.3 is 0 Å². The summed E-state index contributed by atoms with van der Waals surface area (Å²) in [6.45, 7) is 6.12. The summed E-state index contributed by atoms with van der Waals surface area (Å²) in [6.07, 6.45) is 4.00. The molecule has 3 aromatic carbocycles. The molecular weight excluding hydrogens is 420 g/mol. The van der Waals surface area contributed by atoms with Crippen molar-refractivity contribution >= 4 is 38.1 Å². The molecule has 168 valence electrons. The number of carbonyl (C=O) groups excluding carboxylic acids is 1. The first kappa shape index (κ1) is 22.3. The van der Waals surface area contributed by atoms with Gasteiger partial charge in [-0.1, -0.05) is 42.0 Å². The molecule has 0 saturated carbocycles. The standard InChI is InChI=1S/C26H30N2O3S/c1-17-15-18(2)26(19(3)16-17)28(32(4,30)31)14-6-9-24(29)27-23-13-12-21-11-10-20-7-5-8-22(23)25(20)21/h5,7-8,12-13,15-16H,6,9-11,14H2,1-4H3,(H,27,29). The van der Waals surface area contributed by atoms with Crippen molar-refractivity contribution in [3.63, 3.8) is 0 Å². The van der Waals surface area contributed by atoms with Gasteiger partial charge in [-0.15, -0.1) is 0 Å². The molecular formula is C26H30N2O3S. The van der Waals surface area contributed by atoms with Crippen LogP contribution in [0.1, 0.15) is 40.7 Å². The maximum atomic E-state index is 12.7. The molecule has 6 heteroatoms. The Morgan fingerprint density at radius 1 is 1.00 bits per heavy atom. The highest BCUT2D eigenvalue weighted by molar-refractivity contribution is 7.92. The number of hydrogen-bond donors (Lipinski definition) is 1. The Bertz CT molecular complexity index is 1280. The van der Waals surface area contributed by atoms with Gasteiger partial charge in [0.25, 0.3) is 0 Å². The Morgan fingerprint density at radius 2 is 1.66 bits per heavy atom. The molecule has 32 heavy (non-hydrogen) atoms. The third-order valence-corrected chi connectivity index (χ3v) is 7.37. The topological polar surface area (TPSA) is 66.5 Å². The zero-order valence-electron chi connectivity index (χ0n) is 19.2. The molecule has 5 nitrogen and oxygen atoms in total. The number of carbonyl (C=O) groups is 1. The normalized spacial score (nSPS) is 12.9. The second kappa shape index (κ2) is 8.58. The summed E-state index contributed by atoms with van der Waals surface area (Å²) in [5.74, 6) is -0.102. The van der Waals surface area contributed by atoms with Crippen LogP contribution < -0.4 is 9.62 Å². The lowest BCUT2D eigenvalue weighted by molar-refractivity contribution is -0.116. The minimum atomic E-state index is -3.46. The van der Waals surface area contributed by atoms with E-state index in [1.807, 2.05) is 45.0 Å². The number of hydrogen-bond acceptors (Lipinski definition) is 3. The van der Waals surface area contributed by atoms with E-state index in [9.17, 15) is 13.2 Å². The van der Waals surface area contributed by atoms with Crippen molar-refractivity contribution in [1.29, 1.82) is 0 Å². The minimum Gasteiger partial charge on any atom is -0.326 e. The number of aryl methyl sites for hydroxylation is 5. The van der Waals surface area contributed by atoms with E-state index in [1.165, 1.54) is 27.1 Å². The van der Waals surface area contributed by atoms with Gasteiger partial charge in [0, 0.05) is 24.0 Å². The highest BCUT2D eigenvalue weighted by Crippen LogP contribution is 2.35. The summed E-state index contributed by atoms with van der Waals surface area (Å²) in [4.78, 5) is 12.7. The smallest absolute Gasteiger partial charge is 0.232 e. The zero-order chi connectivity index (χ0) is 23.0.